The molecule has 8 heteroatoms. The van der Waals surface area contributed by atoms with Gasteiger partial charge in [-0.1, -0.05) is 16.8 Å². The first-order valence-electron chi connectivity index (χ1n) is 9.01. The van der Waals surface area contributed by atoms with E-state index in [4.69, 9.17) is 11.6 Å². The summed E-state index contributed by atoms with van der Waals surface area (Å²) in [5, 5.41) is 8.88. The number of carbonyl (C=O) groups is 1. The van der Waals surface area contributed by atoms with Crippen molar-refractivity contribution in [2.45, 2.75) is 6.92 Å². The molecular weight excluding hydrogens is 381 g/mol. The van der Waals surface area contributed by atoms with Crippen molar-refractivity contribution in [3.8, 4) is 5.69 Å². The Morgan fingerprint density at radius 3 is 2.21 bits per heavy atom. The van der Waals surface area contributed by atoms with E-state index in [1.165, 1.54) is 12.1 Å². The van der Waals surface area contributed by atoms with Gasteiger partial charge in [0.25, 0.3) is 5.91 Å². The van der Waals surface area contributed by atoms with Gasteiger partial charge in [0.1, 0.15) is 5.82 Å². The molecule has 0 atom stereocenters. The van der Waals surface area contributed by atoms with E-state index in [1.807, 2.05) is 19.1 Å². The molecule has 0 radical (unpaired) electrons. The summed E-state index contributed by atoms with van der Waals surface area (Å²) in [5.41, 5.74) is 2.80. The zero-order chi connectivity index (χ0) is 19.7. The van der Waals surface area contributed by atoms with Gasteiger partial charge in [-0.25, -0.2) is 9.07 Å². The van der Waals surface area contributed by atoms with Gasteiger partial charge in [-0.15, -0.1) is 5.10 Å². The van der Waals surface area contributed by atoms with E-state index < -0.39 is 0 Å². The number of hydrogen-bond donors (Lipinski definition) is 0. The number of anilines is 1. The van der Waals surface area contributed by atoms with Crippen LogP contribution in [0.3, 0.4) is 0 Å². The van der Waals surface area contributed by atoms with E-state index in [2.05, 4.69) is 15.2 Å². The monoisotopic (exact) mass is 399 g/mol. The van der Waals surface area contributed by atoms with Crippen molar-refractivity contribution in [3.63, 3.8) is 0 Å². The summed E-state index contributed by atoms with van der Waals surface area (Å²) in [6, 6.07) is 13.6. The third-order valence-corrected chi connectivity index (χ3v) is 5.18. The lowest BCUT2D eigenvalue weighted by atomic mass is 10.2. The van der Waals surface area contributed by atoms with Gasteiger partial charge < -0.3 is 9.80 Å². The predicted molar refractivity (Wildman–Crippen MR) is 106 cm³/mol. The van der Waals surface area contributed by atoms with Gasteiger partial charge in [-0.05, 0) is 55.5 Å². The highest BCUT2D eigenvalue weighted by molar-refractivity contribution is 6.30. The molecular formula is C20H19ClFN5O. The Balaban J connectivity index is 1.46. The van der Waals surface area contributed by atoms with Crippen LogP contribution in [-0.4, -0.2) is 52.0 Å². The first-order chi connectivity index (χ1) is 13.5. The van der Waals surface area contributed by atoms with E-state index in [0.717, 1.165) is 11.4 Å². The summed E-state index contributed by atoms with van der Waals surface area (Å²) in [6.07, 6.45) is 0. The molecule has 0 N–H and O–H groups in total. The second-order valence-corrected chi connectivity index (χ2v) is 7.10. The number of piperazine rings is 1. The van der Waals surface area contributed by atoms with Crippen molar-refractivity contribution in [2.24, 2.45) is 0 Å². The molecule has 1 aromatic heterocycles. The average Bonchev–Trinajstić information content (AvgIpc) is 3.10. The van der Waals surface area contributed by atoms with Crippen LogP contribution in [0.2, 0.25) is 5.02 Å². The molecule has 6 nitrogen and oxygen atoms in total. The maximum Gasteiger partial charge on any atom is 0.276 e. The number of nitrogens with zero attached hydrogens (tertiary/aromatic N) is 5. The number of halogens is 2. The van der Waals surface area contributed by atoms with Crippen molar-refractivity contribution < 1.29 is 9.18 Å². The summed E-state index contributed by atoms with van der Waals surface area (Å²) in [4.78, 5) is 16.8. The molecule has 0 saturated carbocycles. The Labute approximate surface area is 167 Å². The first kappa shape index (κ1) is 18.4. The van der Waals surface area contributed by atoms with Crippen LogP contribution in [0.5, 0.6) is 0 Å². The molecule has 0 bridgehead atoms. The predicted octanol–water partition coefficient (Wildman–Crippen LogP) is 3.33. The minimum atomic E-state index is -0.253. The van der Waals surface area contributed by atoms with E-state index in [0.29, 0.717) is 42.6 Å². The lowest BCUT2D eigenvalue weighted by Crippen LogP contribution is -2.49. The molecule has 0 spiro atoms. The van der Waals surface area contributed by atoms with E-state index in [1.54, 1.807) is 33.8 Å². The number of rotatable bonds is 3. The Kier molecular flexibility index (Phi) is 5.00. The van der Waals surface area contributed by atoms with Gasteiger partial charge in [-0.2, -0.15) is 0 Å². The summed E-state index contributed by atoms with van der Waals surface area (Å²) < 4.78 is 14.7. The quantitative estimate of drug-likeness (QED) is 0.678. The maximum absolute atomic E-state index is 13.1. The average molecular weight is 400 g/mol. The lowest BCUT2D eigenvalue weighted by molar-refractivity contribution is 0.0740. The molecule has 1 saturated heterocycles. The molecule has 4 rings (SSSR count). The fourth-order valence-corrected chi connectivity index (χ4v) is 3.45. The van der Waals surface area contributed by atoms with Crippen LogP contribution < -0.4 is 4.90 Å². The first-order valence-corrected chi connectivity index (χ1v) is 9.39. The maximum atomic E-state index is 13.1. The molecule has 1 amide bonds. The van der Waals surface area contributed by atoms with Crippen LogP contribution in [0, 0.1) is 12.7 Å². The SMILES string of the molecule is Cc1c(C(=O)N2CCN(c3ccc(F)cc3)CC2)nnn1-c1ccc(Cl)cc1. The Hall–Kier alpha value is -2.93. The summed E-state index contributed by atoms with van der Waals surface area (Å²) in [5.74, 6) is -0.381. The third-order valence-electron chi connectivity index (χ3n) is 4.93. The molecule has 144 valence electrons. The number of carbonyl (C=O) groups excluding carboxylic acids is 1. The van der Waals surface area contributed by atoms with Crippen molar-refractivity contribution in [1.29, 1.82) is 0 Å². The van der Waals surface area contributed by atoms with Crippen LogP contribution in [0.25, 0.3) is 5.69 Å². The van der Waals surface area contributed by atoms with Gasteiger partial charge in [0.15, 0.2) is 5.69 Å². The number of hydrogen-bond acceptors (Lipinski definition) is 4. The van der Waals surface area contributed by atoms with E-state index in [-0.39, 0.29) is 11.7 Å². The fourth-order valence-electron chi connectivity index (χ4n) is 3.32. The number of benzene rings is 2. The molecule has 2 heterocycles. The van der Waals surface area contributed by atoms with E-state index in [9.17, 15) is 9.18 Å². The third kappa shape index (κ3) is 3.57. The summed E-state index contributed by atoms with van der Waals surface area (Å²) in [6.45, 7) is 4.34. The minimum absolute atomic E-state index is 0.128. The van der Waals surface area contributed by atoms with Crippen LogP contribution in [-0.2, 0) is 0 Å². The summed E-state index contributed by atoms with van der Waals surface area (Å²) >= 11 is 5.93. The summed E-state index contributed by atoms with van der Waals surface area (Å²) in [7, 11) is 0. The molecule has 1 fully saturated rings. The minimum Gasteiger partial charge on any atom is -0.368 e. The highest BCUT2D eigenvalue weighted by atomic mass is 35.5. The van der Waals surface area contributed by atoms with Crippen LogP contribution in [0.1, 0.15) is 16.2 Å². The van der Waals surface area contributed by atoms with Crippen molar-refractivity contribution in [1.82, 2.24) is 19.9 Å². The molecule has 0 unspecified atom stereocenters. The molecule has 1 aliphatic rings. The lowest BCUT2D eigenvalue weighted by Gasteiger charge is -2.35. The molecule has 3 aromatic rings. The van der Waals surface area contributed by atoms with Gasteiger partial charge in [0.05, 0.1) is 11.4 Å². The molecule has 0 aliphatic carbocycles. The number of aromatic nitrogens is 3. The highest BCUT2D eigenvalue weighted by Crippen LogP contribution is 2.20. The highest BCUT2D eigenvalue weighted by Gasteiger charge is 2.26. The van der Waals surface area contributed by atoms with Gasteiger partial charge in [-0.3, -0.25) is 4.79 Å². The Bertz CT molecular complexity index is 979. The molecule has 2 aromatic carbocycles. The zero-order valence-electron chi connectivity index (χ0n) is 15.3. The van der Waals surface area contributed by atoms with Crippen LogP contribution >= 0.6 is 11.6 Å². The fraction of sp³-hybridized carbons (Fsp3) is 0.250. The smallest absolute Gasteiger partial charge is 0.276 e. The standard InChI is InChI=1S/C20H19ClFN5O/c1-14-19(23-24-27(14)18-6-2-15(21)3-7-18)20(28)26-12-10-25(11-13-26)17-8-4-16(22)5-9-17/h2-9H,10-13H2,1H3. The Morgan fingerprint density at radius 2 is 1.57 bits per heavy atom. The normalized spacial score (nSPS) is 14.4. The van der Waals surface area contributed by atoms with Gasteiger partial charge in [0, 0.05) is 36.9 Å². The van der Waals surface area contributed by atoms with Gasteiger partial charge in [0.2, 0.25) is 0 Å². The number of amides is 1. The molecule has 28 heavy (non-hydrogen) atoms. The van der Waals surface area contributed by atoms with Crippen molar-refractivity contribution >= 4 is 23.2 Å². The second-order valence-electron chi connectivity index (χ2n) is 6.67. The van der Waals surface area contributed by atoms with Crippen molar-refractivity contribution in [3.05, 3.63) is 70.8 Å². The van der Waals surface area contributed by atoms with Gasteiger partial charge >= 0.3 is 0 Å². The second kappa shape index (κ2) is 7.59. The van der Waals surface area contributed by atoms with Crippen LogP contribution in [0.4, 0.5) is 10.1 Å². The largest absolute Gasteiger partial charge is 0.368 e. The van der Waals surface area contributed by atoms with Crippen LogP contribution in [0.15, 0.2) is 48.5 Å². The van der Waals surface area contributed by atoms with E-state index >= 15 is 0 Å². The van der Waals surface area contributed by atoms with Crippen molar-refractivity contribution in [2.75, 3.05) is 31.1 Å². The zero-order valence-corrected chi connectivity index (χ0v) is 16.1. The topological polar surface area (TPSA) is 54.3 Å². The molecule has 1 aliphatic heterocycles. The Morgan fingerprint density at radius 1 is 0.964 bits per heavy atom.